The third kappa shape index (κ3) is 3.92. The number of anilines is 1. The zero-order valence-electron chi connectivity index (χ0n) is 11.9. The molecule has 2 aromatic rings. The molecule has 0 saturated carbocycles. The van der Waals surface area contributed by atoms with Crippen LogP contribution in [0, 0.1) is 0 Å². The van der Waals surface area contributed by atoms with E-state index in [1.54, 1.807) is 18.2 Å². The Bertz CT molecular complexity index is 644. The summed E-state index contributed by atoms with van der Waals surface area (Å²) in [6.45, 7) is 3.94. The molecule has 0 fully saturated rings. The molecule has 0 aliphatic heterocycles. The van der Waals surface area contributed by atoms with Crippen LogP contribution < -0.4 is 5.32 Å². The summed E-state index contributed by atoms with van der Waals surface area (Å²) in [5.74, 6) is -0.519. The fourth-order valence-electron chi connectivity index (χ4n) is 1.86. The Morgan fingerprint density at radius 2 is 1.90 bits per heavy atom. The maximum Gasteiger partial charge on any atom is 0.325 e. The van der Waals surface area contributed by atoms with Crippen LogP contribution >= 0.6 is 0 Å². The van der Waals surface area contributed by atoms with Gasteiger partial charge in [0.15, 0.2) is 5.82 Å². The molecular formula is C15H17N3O3. The second-order valence-electron chi connectivity index (χ2n) is 5.02. The van der Waals surface area contributed by atoms with Crippen molar-refractivity contribution in [2.75, 3.05) is 5.32 Å². The van der Waals surface area contributed by atoms with Gasteiger partial charge in [-0.1, -0.05) is 26.0 Å². The number of aromatic nitrogens is 2. The van der Waals surface area contributed by atoms with E-state index in [1.165, 1.54) is 10.9 Å². The number of carbonyl (C=O) groups is 2. The van der Waals surface area contributed by atoms with Gasteiger partial charge in [0.2, 0.25) is 0 Å². The van der Waals surface area contributed by atoms with E-state index in [0.29, 0.717) is 17.3 Å². The van der Waals surface area contributed by atoms with Crippen LogP contribution in [-0.2, 0) is 11.3 Å². The molecule has 1 heterocycles. The molecule has 0 bridgehead atoms. The van der Waals surface area contributed by atoms with Crippen LogP contribution in [0.1, 0.15) is 35.7 Å². The lowest BCUT2D eigenvalue weighted by atomic mass is 10.0. The largest absolute Gasteiger partial charge is 0.480 e. The normalized spacial score (nSPS) is 10.6. The second kappa shape index (κ2) is 6.21. The summed E-state index contributed by atoms with van der Waals surface area (Å²) < 4.78 is 1.25. The average Bonchev–Trinajstić information content (AvgIpc) is 2.85. The monoisotopic (exact) mass is 287 g/mol. The zero-order chi connectivity index (χ0) is 15.4. The highest BCUT2D eigenvalue weighted by molar-refractivity contribution is 6.03. The van der Waals surface area contributed by atoms with E-state index in [9.17, 15) is 9.59 Å². The lowest BCUT2D eigenvalue weighted by molar-refractivity contribution is -0.137. The van der Waals surface area contributed by atoms with Gasteiger partial charge in [-0.15, -0.1) is 0 Å². The first-order chi connectivity index (χ1) is 9.95. The minimum absolute atomic E-state index is 0.237. The van der Waals surface area contributed by atoms with E-state index < -0.39 is 5.97 Å². The summed E-state index contributed by atoms with van der Waals surface area (Å²) in [5.41, 5.74) is 1.70. The smallest absolute Gasteiger partial charge is 0.325 e. The highest BCUT2D eigenvalue weighted by Gasteiger charge is 2.09. The highest BCUT2D eigenvalue weighted by Crippen LogP contribution is 2.15. The topological polar surface area (TPSA) is 84.2 Å². The molecule has 2 rings (SSSR count). The quantitative estimate of drug-likeness (QED) is 0.884. The summed E-state index contributed by atoms with van der Waals surface area (Å²) >= 11 is 0. The first kappa shape index (κ1) is 14.8. The van der Waals surface area contributed by atoms with Crippen LogP contribution in [0.25, 0.3) is 0 Å². The van der Waals surface area contributed by atoms with Crippen molar-refractivity contribution in [3.8, 4) is 0 Å². The van der Waals surface area contributed by atoms with E-state index >= 15 is 0 Å². The summed E-state index contributed by atoms with van der Waals surface area (Å²) in [4.78, 5) is 22.6. The Morgan fingerprint density at radius 3 is 2.48 bits per heavy atom. The van der Waals surface area contributed by atoms with Crippen LogP contribution in [0.5, 0.6) is 0 Å². The van der Waals surface area contributed by atoms with Gasteiger partial charge in [0, 0.05) is 17.8 Å². The maximum absolute atomic E-state index is 12.1. The fourth-order valence-corrected chi connectivity index (χ4v) is 1.86. The van der Waals surface area contributed by atoms with Gasteiger partial charge in [-0.2, -0.15) is 5.10 Å². The molecule has 1 aromatic heterocycles. The number of benzene rings is 1. The van der Waals surface area contributed by atoms with E-state index in [0.717, 1.165) is 5.56 Å². The standard InChI is InChI=1S/C15H17N3O3/c1-10(2)11-3-5-12(6-4-11)15(21)16-13-7-8-18(17-13)9-14(19)20/h3-8,10H,9H2,1-2H3,(H,19,20)(H,16,17,21). The molecule has 110 valence electrons. The van der Waals surface area contributed by atoms with E-state index in [2.05, 4.69) is 24.3 Å². The summed E-state index contributed by atoms with van der Waals surface area (Å²) in [5, 5.41) is 15.3. The first-order valence-electron chi connectivity index (χ1n) is 6.62. The number of carbonyl (C=O) groups excluding carboxylic acids is 1. The minimum Gasteiger partial charge on any atom is -0.480 e. The lowest BCUT2D eigenvalue weighted by Gasteiger charge is -2.06. The van der Waals surface area contributed by atoms with Gasteiger partial charge in [0.25, 0.3) is 5.91 Å². The number of amides is 1. The second-order valence-corrected chi connectivity index (χ2v) is 5.02. The third-order valence-corrected chi connectivity index (χ3v) is 3.02. The van der Waals surface area contributed by atoms with Crippen molar-refractivity contribution in [1.82, 2.24) is 9.78 Å². The van der Waals surface area contributed by atoms with Crippen molar-refractivity contribution in [3.63, 3.8) is 0 Å². The van der Waals surface area contributed by atoms with E-state index in [-0.39, 0.29) is 12.5 Å². The lowest BCUT2D eigenvalue weighted by Crippen LogP contribution is -2.14. The van der Waals surface area contributed by atoms with E-state index in [4.69, 9.17) is 5.11 Å². The Hall–Kier alpha value is -2.63. The molecule has 0 aliphatic rings. The van der Waals surface area contributed by atoms with Crippen molar-refractivity contribution in [3.05, 3.63) is 47.7 Å². The third-order valence-electron chi connectivity index (χ3n) is 3.02. The summed E-state index contributed by atoms with van der Waals surface area (Å²) in [7, 11) is 0. The van der Waals surface area contributed by atoms with Crippen LogP contribution in [0.3, 0.4) is 0 Å². The molecular weight excluding hydrogens is 270 g/mol. The van der Waals surface area contributed by atoms with Crippen LogP contribution in [0.15, 0.2) is 36.5 Å². The molecule has 21 heavy (non-hydrogen) atoms. The van der Waals surface area contributed by atoms with Gasteiger partial charge in [-0.25, -0.2) is 0 Å². The molecule has 2 N–H and O–H groups in total. The summed E-state index contributed by atoms with van der Waals surface area (Å²) in [6, 6.07) is 8.92. The maximum atomic E-state index is 12.1. The van der Waals surface area contributed by atoms with Gasteiger partial charge in [0.05, 0.1) is 0 Å². The molecule has 1 aromatic carbocycles. The average molecular weight is 287 g/mol. The molecule has 0 spiro atoms. The molecule has 6 heteroatoms. The molecule has 0 saturated heterocycles. The number of hydrogen-bond acceptors (Lipinski definition) is 3. The van der Waals surface area contributed by atoms with Crippen LogP contribution in [-0.4, -0.2) is 26.8 Å². The number of carboxylic acid groups (broad SMARTS) is 1. The van der Waals surface area contributed by atoms with Crippen molar-refractivity contribution in [1.29, 1.82) is 0 Å². The van der Waals surface area contributed by atoms with Gasteiger partial charge >= 0.3 is 5.97 Å². The number of nitrogens with zero attached hydrogens (tertiary/aromatic N) is 2. The molecule has 6 nitrogen and oxygen atoms in total. The van der Waals surface area contributed by atoms with Crippen molar-refractivity contribution in [2.45, 2.75) is 26.3 Å². The van der Waals surface area contributed by atoms with Gasteiger partial charge in [0.1, 0.15) is 6.54 Å². The Balaban J connectivity index is 2.03. The number of carboxylic acids is 1. The van der Waals surface area contributed by atoms with E-state index in [1.807, 2.05) is 12.1 Å². The Morgan fingerprint density at radius 1 is 1.24 bits per heavy atom. The SMILES string of the molecule is CC(C)c1ccc(C(=O)Nc2ccn(CC(=O)O)n2)cc1. The Labute approximate surface area is 122 Å². The van der Waals surface area contributed by atoms with Crippen molar-refractivity contribution >= 4 is 17.7 Å². The summed E-state index contributed by atoms with van der Waals surface area (Å²) in [6.07, 6.45) is 1.51. The Kier molecular flexibility index (Phi) is 4.37. The van der Waals surface area contributed by atoms with Crippen molar-refractivity contribution in [2.24, 2.45) is 0 Å². The molecule has 0 aliphatic carbocycles. The number of hydrogen-bond donors (Lipinski definition) is 2. The number of rotatable bonds is 5. The van der Waals surface area contributed by atoms with Gasteiger partial charge < -0.3 is 10.4 Å². The number of aliphatic carboxylic acids is 1. The first-order valence-corrected chi connectivity index (χ1v) is 6.62. The number of nitrogens with one attached hydrogen (secondary N) is 1. The van der Waals surface area contributed by atoms with Gasteiger partial charge in [-0.05, 0) is 23.6 Å². The molecule has 0 radical (unpaired) electrons. The highest BCUT2D eigenvalue weighted by atomic mass is 16.4. The molecule has 0 atom stereocenters. The van der Waals surface area contributed by atoms with Crippen LogP contribution in [0.2, 0.25) is 0 Å². The molecule has 1 amide bonds. The predicted molar refractivity (Wildman–Crippen MR) is 78.3 cm³/mol. The fraction of sp³-hybridized carbons (Fsp3) is 0.267. The molecule has 0 unspecified atom stereocenters. The minimum atomic E-state index is -0.986. The zero-order valence-corrected chi connectivity index (χ0v) is 11.9. The predicted octanol–water partition coefficient (Wildman–Crippen LogP) is 2.34. The van der Waals surface area contributed by atoms with Gasteiger partial charge in [-0.3, -0.25) is 14.3 Å². The van der Waals surface area contributed by atoms with Crippen molar-refractivity contribution < 1.29 is 14.7 Å². The van der Waals surface area contributed by atoms with Crippen LogP contribution in [0.4, 0.5) is 5.82 Å².